The van der Waals surface area contributed by atoms with Crippen LogP contribution in [0.15, 0.2) is 6.07 Å². The molecule has 0 aliphatic rings. The highest BCUT2D eigenvalue weighted by Crippen LogP contribution is 2.30. The molecule has 0 aliphatic carbocycles. The molecule has 6 heteroatoms. The summed E-state index contributed by atoms with van der Waals surface area (Å²) in [4.78, 5) is 13.1. The molecule has 0 aliphatic heterocycles. The smallest absolute Gasteiger partial charge is 0.223 e. The molecule has 0 radical (unpaired) electrons. The van der Waals surface area contributed by atoms with Crippen molar-refractivity contribution in [3.05, 3.63) is 10.9 Å². The van der Waals surface area contributed by atoms with Crippen molar-refractivity contribution in [3.63, 3.8) is 0 Å². The second kappa shape index (κ2) is 5.71. The van der Waals surface area contributed by atoms with Crippen molar-refractivity contribution in [2.24, 2.45) is 0 Å². The van der Waals surface area contributed by atoms with Crippen molar-refractivity contribution in [3.8, 4) is 0 Å². The summed E-state index contributed by atoms with van der Waals surface area (Å²) in [5.74, 6) is 1.17. The molecule has 0 aromatic carbocycles. The monoisotopic (exact) mass is 279 g/mol. The van der Waals surface area contributed by atoms with Crippen molar-refractivity contribution >= 4 is 33.3 Å². The fraction of sp³-hybridized carbons (Fsp3) is 0.538. The van der Waals surface area contributed by atoms with Gasteiger partial charge in [-0.15, -0.1) is 11.3 Å². The number of thiophene rings is 1. The van der Waals surface area contributed by atoms with Gasteiger partial charge in [-0.1, -0.05) is 6.92 Å². The second-order valence-corrected chi connectivity index (χ2v) is 6.14. The Hall–Kier alpha value is -1.40. The molecule has 0 saturated carbocycles. The first-order chi connectivity index (χ1) is 8.99. The van der Waals surface area contributed by atoms with Crippen molar-refractivity contribution in [2.45, 2.75) is 26.3 Å². The first kappa shape index (κ1) is 14.0. The number of nitrogens with one attached hydrogen (secondary N) is 1. The molecular weight excluding hydrogens is 258 g/mol. The number of nitrogens with zero attached hydrogens (tertiary/aromatic N) is 3. The Morgan fingerprint density at radius 3 is 2.79 bits per heavy atom. The molecular formula is C13H21N5S. The average Bonchev–Trinajstić information content (AvgIpc) is 2.70. The van der Waals surface area contributed by atoms with Crippen molar-refractivity contribution in [1.29, 1.82) is 0 Å². The van der Waals surface area contributed by atoms with E-state index in [2.05, 4.69) is 54.2 Å². The Balaban J connectivity index is 2.33. The Labute approximate surface area is 117 Å². The van der Waals surface area contributed by atoms with E-state index in [1.165, 1.54) is 4.88 Å². The first-order valence-corrected chi connectivity index (χ1v) is 7.28. The largest absolute Gasteiger partial charge is 0.368 e. The number of hydrogen-bond donors (Lipinski definition) is 2. The van der Waals surface area contributed by atoms with E-state index >= 15 is 0 Å². The average molecular weight is 279 g/mol. The minimum absolute atomic E-state index is 0.303. The molecule has 2 aromatic rings. The zero-order valence-electron chi connectivity index (χ0n) is 11.9. The lowest BCUT2D eigenvalue weighted by Crippen LogP contribution is -2.30. The Kier molecular flexibility index (Phi) is 4.21. The molecule has 104 valence electrons. The SMILES string of the molecule is CCc1cc2c(NC(C)CN(C)C)nc(N)nc2s1. The number of nitrogens with two attached hydrogens (primary N) is 1. The van der Waals surface area contributed by atoms with Gasteiger partial charge in [0.25, 0.3) is 0 Å². The maximum Gasteiger partial charge on any atom is 0.223 e. The van der Waals surface area contributed by atoms with Crippen molar-refractivity contribution in [1.82, 2.24) is 14.9 Å². The van der Waals surface area contributed by atoms with Gasteiger partial charge in [-0.25, -0.2) is 4.98 Å². The number of likely N-dealkylation sites (N-methyl/N-ethyl adjacent to an activating group) is 1. The predicted octanol–water partition coefficient (Wildman–Crippen LogP) is 2.20. The Bertz CT molecular complexity index is 563. The van der Waals surface area contributed by atoms with E-state index in [-0.39, 0.29) is 0 Å². The van der Waals surface area contributed by atoms with Crippen LogP contribution in [0.2, 0.25) is 0 Å². The molecule has 0 amide bonds. The van der Waals surface area contributed by atoms with E-state index in [9.17, 15) is 0 Å². The van der Waals surface area contributed by atoms with Gasteiger partial charge in [-0.3, -0.25) is 0 Å². The summed E-state index contributed by atoms with van der Waals surface area (Å²) in [6.07, 6.45) is 1.01. The lowest BCUT2D eigenvalue weighted by Gasteiger charge is -2.19. The number of nitrogen functional groups attached to an aromatic ring is 1. The van der Waals surface area contributed by atoms with E-state index in [1.54, 1.807) is 11.3 Å². The summed E-state index contributed by atoms with van der Waals surface area (Å²) in [6.45, 7) is 5.22. The molecule has 0 spiro atoms. The summed E-state index contributed by atoms with van der Waals surface area (Å²) >= 11 is 1.69. The molecule has 1 unspecified atom stereocenters. The van der Waals surface area contributed by atoms with Crippen LogP contribution in [0.3, 0.4) is 0 Å². The quantitative estimate of drug-likeness (QED) is 0.878. The molecule has 5 nitrogen and oxygen atoms in total. The number of aromatic nitrogens is 2. The molecule has 1 atom stereocenters. The molecule has 2 heterocycles. The summed E-state index contributed by atoms with van der Waals surface area (Å²) < 4.78 is 0. The number of aryl methyl sites for hydroxylation is 1. The lowest BCUT2D eigenvalue weighted by atomic mass is 10.2. The maximum atomic E-state index is 5.79. The van der Waals surface area contributed by atoms with Crippen LogP contribution in [0.5, 0.6) is 0 Å². The van der Waals surface area contributed by atoms with Crippen molar-refractivity contribution in [2.75, 3.05) is 31.7 Å². The van der Waals surface area contributed by atoms with Gasteiger partial charge in [-0.05, 0) is 33.5 Å². The molecule has 2 aromatic heterocycles. The normalized spacial score (nSPS) is 13.1. The van der Waals surface area contributed by atoms with Crippen LogP contribution in [0, 0.1) is 0 Å². The van der Waals surface area contributed by atoms with E-state index < -0.39 is 0 Å². The molecule has 19 heavy (non-hydrogen) atoms. The minimum Gasteiger partial charge on any atom is -0.368 e. The third-order valence-corrected chi connectivity index (χ3v) is 4.00. The highest BCUT2D eigenvalue weighted by molar-refractivity contribution is 7.18. The predicted molar refractivity (Wildman–Crippen MR) is 82.8 cm³/mol. The lowest BCUT2D eigenvalue weighted by molar-refractivity contribution is 0.392. The zero-order valence-corrected chi connectivity index (χ0v) is 12.7. The maximum absolute atomic E-state index is 5.79. The van der Waals surface area contributed by atoms with E-state index in [4.69, 9.17) is 5.73 Å². The number of hydrogen-bond acceptors (Lipinski definition) is 6. The van der Waals surface area contributed by atoms with Crippen LogP contribution in [0.1, 0.15) is 18.7 Å². The van der Waals surface area contributed by atoms with Gasteiger partial charge in [0.1, 0.15) is 10.6 Å². The summed E-state index contributed by atoms with van der Waals surface area (Å²) in [5.41, 5.74) is 5.79. The first-order valence-electron chi connectivity index (χ1n) is 6.46. The summed E-state index contributed by atoms with van der Waals surface area (Å²) in [6, 6.07) is 2.46. The highest BCUT2D eigenvalue weighted by atomic mass is 32.1. The minimum atomic E-state index is 0.303. The molecule has 0 fully saturated rings. The molecule has 0 saturated heterocycles. The van der Waals surface area contributed by atoms with Gasteiger partial charge < -0.3 is 16.0 Å². The third kappa shape index (κ3) is 3.33. The summed E-state index contributed by atoms with van der Waals surface area (Å²) in [7, 11) is 4.11. The molecule has 0 bridgehead atoms. The fourth-order valence-electron chi connectivity index (χ4n) is 2.10. The Morgan fingerprint density at radius 1 is 1.42 bits per heavy atom. The van der Waals surface area contributed by atoms with E-state index in [0.717, 1.165) is 29.0 Å². The van der Waals surface area contributed by atoms with Crippen LogP contribution >= 0.6 is 11.3 Å². The van der Waals surface area contributed by atoms with Crippen LogP contribution < -0.4 is 11.1 Å². The van der Waals surface area contributed by atoms with Crippen LogP contribution in [-0.2, 0) is 6.42 Å². The van der Waals surface area contributed by atoms with Crippen LogP contribution in [0.25, 0.3) is 10.2 Å². The number of fused-ring (bicyclic) bond motifs is 1. The van der Waals surface area contributed by atoms with E-state index in [1.807, 2.05) is 0 Å². The fourth-order valence-corrected chi connectivity index (χ4v) is 3.07. The standard InChI is InChI=1S/C13H21N5S/c1-5-9-6-10-11(15-8(2)7-18(3)4)16-13(14)17-12(10)19-9/h6,8H,5,7H2,1-4H3,(H3,14,15,16,17). The molecule has 3 N–H and O–H groups in total. The number of rotatable bonds is 5. The molecule has 2 rings (SSSR count). The van der Waals surface area contributed by atoms with Gasteiger partial charge in [0.15, 0.2) is 0 Å². The zero-order chi connectivity index (χ0) is 14.0. The van der Waals surface area contributed by atoms with Gasteiger partial charge in [-0.2, -0.15) is 4.98 Å². The van der Waals surface area contributed by atoms with Gasteiger partial charge in [0.05, 0.1) is 5.39 Å². The van der Waals surface area contributed by atoms with Crippen LogP contribution in [0.4, 0.5) is 11.8 Å². The van der Waals surface area contributed by atoms with Gasteiger partial charge in [0.2, 0.25) is 5.95 Å². The van der Waals surface area contributed by atoms with Gasteiger partial charge >= 0.3 is 0 Å². The second-order valence-electron chi connectivity index (χ2n) is 5.02. The van der Waals surface area contributed by atoms with Gasteiger partial charge in [0, 0.05) is 17.5 Å². The Morgan fingerprint density at radius 2 is 2.16 bits per heavy atom. The van der Waals surface area contributed by atoms with Crippen LogP contribution in [-0.4, -0.2) is 41.5 Å². The highest BCUT2D eigenvalue weighted by Gasteiger charge is 2.12. The van der Waals surface area contributed by atoms with Crippen molar-refractivity contribution < 1.29 is 0 Å². The van der Waals surface area contributed by atoms with E-state index in [0.29, 0.717) is 12.0 Å². The number of anilines is 2. The topological polar surface area (TPSA) is 67.1 Å². The third-order valence-electron chi connectivity index (χ3n) is 2.83. The summed E-state index contributed by atoms with van der Waals surface area (Å²) in [5, 5.41) is 4.50.